The van der Waals surface area contributed by atoms with Gasteiger partial charge in [0.1, 0.15) is 0 Å². The molecule has 0 bridgehead atoms. The second-order valence-electron chi connectivity index (χ2n) is 6.35. The zero-order valence-corrected chi connectivity index (χ0v) is 16.0. The molecule has 29 heavy (non-hydrogen) atoms. The number of carbonyl (C=O) groups is 1. The van der Waals surface area contributed by atoms with Crippen molar-refractivity contribution in [3.05, 3.63) is 106 Å². The molecule has 2 aromatic heterocycles. The van der Waals surface area contributed by atoms with Crippen LogP contribution in [-0.4, -0.2) is 15.9 Å². The molecule has 0 aliphatic heterocycles. The van der Waals surface area contributed by atoms with Gasteiger partial charge in [-0.15, -0.1) is 0 Å². The Kier molecular flexibility index (Phi) is 5.22. The van der Waals surface area contributed by atoms with Gasteiger partial charge in [0, 0.05) is 40.2 Å². The SMILES string of the molecule is O=C(Nc1ccc(=O)[nH]c1)c1cc(-c2ccccc2)c(Cl)cc1-c1ccccn1. The number of nitrogens with one attached hydrogen (secondary N) is 2. The first-order valence-electron chi connectivity index (χ1n) is 8.92. The highest BCUT2D eigenvalue weighted by Gasteiger charge is 2.18. The van der Waals surface area contributed by atoms with E-state index in [1.54, 1.807) is 24.4 Å². The van der Waals surface area contributed by atoms with Crippen LogP contribution in [0.1, 0.15) is 10.4 Å². The third kappa shape index (κ3) is 4.10. The molecule has 1 amide bonds. The fraction of sp³-hybridized carbons (Fsp3) is 0. The van der Waals surface area contributed by atoms with Crippen LogP contribution in [0, 0.1) is 0 Å². The molecule has 2 heterocycles. The van der Waals surface area contributed by atoms with Crippen molar-refractivity contribution in [2.45, 2.75) is 0 Å². The first-order valence-corrected chi connectivity index (χ1v) is 9.30. The molecule has 0 fully saturated rings. The van der Waals surface area contributed by atoms with E-state index in [0.717, 1.165) is 11.1 Å². The Morgan fingerprint density at radius 2 is 1.72 bits per heavy atom. The minimum absolute atomic E-state index is 0.241. The maximum absolute atomic E-state index is 13.1. The summed E-state index contributed by atoms with van der Waals surface area (Å²) < 4.78 is 0. The summed E-state index contributed by atoms with van der Waals surface area (Å²) in [5, 5.41) is 3.34. The van der Waals surface area contributed by atoms with Crippen molar-refractivity contribution in [1.29, 1.82) is 0 Å². The van der Waals surface area contributed by atoms with E-state index >= 15 is 0 Å². The van der Waals surface area contributed by atoms with Crippen LogP contribution in [0.3, 0.4) is 0 Å². The first-order chi connectivity index (χ1) is 14.1. The number of halogens is 1. The zero-order chi connectivity index (χ0) is 20.2. The van der Waals surface area contributed by atoms with E-state index < -0.39 is 0 Å². The van der Waals surface area contributed by atoms with Crippen LogP contribution < -0.4 is 10.9 Å². The Bertz CT molecular complexity index is 1200. The summed E-state index contributed by atoms with van der Waals surface area (Å²) in [5.74, 6) is -0.327. The van der Waals surface area contributed by atoms with Gasteiger partial charge in [0.25, 0.3) is 5.91 Å². The lowest BCUT2D eigenvalue weighted by Crippen LogP contribution is -2.15. The van der Waals surface area contributed by atoms with Crippen LogP contribution in [0.25, 0.3) is 22.4 Å². The lowest BCUT2D eigenvalue weighted by atomic mass is 9.96. The third-order valence-electron chi connectivity index (χ3n) is 4.42. The van der Waals surface area contributed by atoms with E-state index in [-0.39, 0.29) is 11.5 Å². The molecule has 0 atom stereocenters. The number of H-pyrrole nitrogens is 1. The molecule has 0 aliphatic rings. The standard InChI is InChI=1S/C23H16ClN3O2/c24-20-13-18(21-8-4-5-11-25-21)19(12-17(20)15-6-2-1-3-7-15)23(29)27-16-9-10-22(28)26-14-16/h1-14H,(H,26,28)(H,27,29). The topological polar surface area (TPSA) is 74.8 Å². The number of rotatable bonds is 4. The molecule has 6 heteroatoms. The smallest absolute Gasteiger partial charge is 0.256 e. The first kappa shape index (κ1) is 18.7. The Morgan fingerprint density at radius 1 is 0.931 bits per heavy atom. The molecule has 5 nitrogen and oxygen atoms in total. The number of aromatic nitrogens is 2. The number of benzene rings is 2. The number of nitrogens with zero attached hydrogens (tertiary/aromatic N) is 1. The van der Waals surface area contributed by atoms with Crippen LogP contribution >= 0.6 is 11.6 Å². The van der Waals surface area contributed by atoms with Crippen molar-refractivity contribution in [3.8, 4) is 22.4 Å². The van der Waals surface area contributed by atoms with Gasteiger partial charge >= 0.3 is 0 Å². The molecule has 2 N–H and O–H groups in total. The van der Waals surface area contributed by atoms with Gasteiger partial charge in [0.15, 0.2) is 0 Å². The predicted octanol–water partition coefficient (Wildman–Crippen LogP) is 5.01. The molecule has 2 aromatic carbocycles. The molecule has 0 spiro atoms. The Hall–Kier alpha value is -3.70. The van der Waals surface area contributed by atoms with Gasteiger partial charge in [0.2, 0.25) is 5.56 Å². The van der Waals surface area contributed by atoms with Crippen LogP contribution in [0.5, 0.6) is 0 Å². The monoisotopic (exact) mass is 401 g/mol. The zero-order valence-electron chi connectivity index (χ0n) is 15.2. The van der Waals surface area contributed by atoms with Gasteiger partial charge in [-0.25, -0.2) is 0 Å². The highest BCUT2D eigenvalue weighted by Crippen LogP contribution is 2.35. The Labute approximate surface area is 172 Å². The van der Waals surface area contributed by atoms with Gasteiger partial charge in [0.05, 0.1) is 11.4 Å². The molecule has 142 valence electrons. The number of amides is 1. The summed E-state index contributed by atoms with van der Waals surface area (Å²) >= 11 is 6.57. The van der Waals surface area contributed by atoms with E-state index in [9.17, 15) is 9.59 Å². The highest BCUT2D eigenvalue weighted by atomic mass is 35.5. The molecule has 0 radical (unpaired) electrons. The molecular formula is C23H16ClN3O2. The number of anilines is 1. The van der Waals surface area contributed by atoms with Gasteiger partial charge in [-0.2, -0.15) is 0 Å². The van der Waals surface area contributed by atoms with Crippen LogP contribution in [0.4, 0.5) is 5.69 Å². The number of hydrogen-bond acceptors (Lipinski definition) is 3. The number of hydrogen-bond donors (Lipinski definition) is 2. The number of carbonyl (C=O) groups excluding carboxylic acids is 1. The predicted molar refractivity (Wildman–Crippen MR) is 115 cm³/mol. The van der Waals surface area contributed by atoms with Gasteiger partial charge in [-0.3, -0.25) is 14.6 Å². The third-order valence-corrected chi connectivity index (χ3v) is 4.73. The summed E-state index contributed by atoms with van der Waals surface area (Å²) in [7, 11) is 0. The summed E-state index contributed by atoms with van der Waals surface area (Å²) in [6.45, 7) is 0. The summed E-state index contributed by atoms with van der Waals surface area (Å²) in [6.07, 6.45) is 3.12. The van der Waals surface area contributed by atoms with Crippen molar-refractivity contribution < 1.29 is 4.79 Å². The molecule has 0 aliphatic carbocycles. The van der Waals surface area contributed by atoms with E-state index in [1.807, 2.05) is 48.5 Å². The van der Waals surface area contributed by atoms with Crippen LogP contribution in [0.15, 0.2) is 90.0 Å². The second-order valence-corrected chi connectivity index (χ2v) is 6.76. The minimum atomic E-state index is -0.327. The number of pyridine rings is 2. The molecule has 0 unspecified atom stereocenters. The largest absolute Gasteiger partial charge is 0.327 e. The maximum Gasteiger partial charge on any atom is 0.256 e. The number of aromatic amines is 1. The van der Waals surface area contributed by atoms with Crippen LogP contribution in [0.2, 0.25) is 5.02 Å². The van der Waals surface area contributed by atoms with E-state index in [0.29, 0.717) is 27.5 Å². The summed E-state index contributed by atoms with van der Waals surface area (Å²) in [6, 6.07) is 21.5. The van der Waals surface area contributed by atoms with Gasteiger partial charge < -0.3 is 10.3 Å². The van der Waals surface area contributed by atoms with Crippen molar-refractivity contribution in [3.63, 3.8) is 0 Å². The van der Waals surface area contributed by atoms with Crippen molar-refractivity contribution in [2.24, 2.45) is 0 Å². The minimum Gasteiger partial charge on any atom is -0.327 e. The lowest BCUT2D eigenvalue weighted by Gasteiger charge is -2.14. The van der Waals surface area contributed by atoms with E-state index in [1.165, 1.54) is 12.3 Å². The van der Waals surface area contributed by atoms with E-state index in [2.05, 4.69) is 15.3 Å². The van der Waals surface area contributed by atoms with E-state index in [4.69, 9.17) is 11.6 Å². The average Bonchev–Trinajstić information content (AvgIpc) is 2.76. The fourth-order valence-electron chi connectivity index (χ4n) is 3.02. The second kappa shape index (κ2) is 8.12. The molecule has 0 saturated carbocycles. The van der Waals surface area contributed by atoms with Crippen molar-refractivity contribution >= 4 is 23.2 Å². The fourth-order valence-corrected chi connectivity index (χ4v) is 3.29. The van der Waals surface area contributed by atoms with Crippen molar-refractivity contribution in [1.82, 2.24) is 9.97 Å². The maximum atomic E-state index is 13.1. The molecule has 4 rings (SSSR count). The highest BCUT2D eigenvalue weighted by molar-refractivity contribution is 6.34. The van der Waals surface area contributed by atoms with Crippen molar-refractivity contribution in [2.75, 3.05) is 5.32 Å². The van der Waals surface area contributed by atoms with Gasteiger partial charge in [-0.05, 0) is 35.9 Å². The molecule has 4 aromatic rings. The summed E-state index contributed by atoms with van der Waals surface area (Å²) in [5.41, 5.74) is 3.59. The normalized spacial score (nSPS) is 10.5. The molecule has 0 saturated heterocycles. The quantitative estimate of drug-likeness (QED) is 0.504. The summed E-state index contributed by atoms with van der Waals surface area (Å²) in [4.78, 5) is 31.3. The average molecular weight is 402 g/mol. The lowest BCUT2D eigenvalue weighted by molar-refractivity contribution is 0.102. The van der Waals surface area contributed by atoms with Gasteiger partial charge in [-0.1, -0.05) is 48.0 Å². The Balaban J connectivity index is 1.83. The Morgan fingerprint density at radius 3 is 2.41 bits per heavy atom. The molecular weight excluding hydrogens is 386 g/mol. The van der Waals surface area contributed by atoms with Crippen LogP contribution in [-0.2, 0) is 0 Å².